The van der Waals surface area contributed by atoms with Crippen molar-refractivity contribution in [2.75, 3.05) is 19.6 Å². The molecule has 30 heavy (non-hydrogen) atoms. The van der Waals surface area contributed by atoms with Crippen LogP contribution < -0.4 is 5.32 Å². The maximum absolute atomic E-state index is 12.8. The number of nitrogens with zero attached hydrogens (tertiary/aromatic N) is 3. The predicted molar refractivity (Wildman–Crippen MR) is 116 cm³/mol. The van der Waals surface area contributed by atoms with E-state index in [1.54, 1.807) is 18.2 Å². The molecule has 6 heteroatoms. The van der Waals surface area contributed by atoms with E-state index in [1.807, 2.05) is 11.0 Å². The fraction of sp³-hybridized carbons (Fsp3) is 0.458. The zero-order valence-corrected chi connectivity index (χ0v) is 17.6. The number of amides is 2. The maximum atomic E-state index is 12.8. The first-order chi connectivity index (χ1) is 14.6. The lowest BCUT2D eigenvalue weighted by molar-refractivity contribution is 0.0786. The van der Waals surface area contributed by atoms with E-state index in [-0.39, 0.29) is 17.9 Å². The van der Waals surface area contributed by atoms with Crippen molar-refractivity contribution in [2.45, 2.75) is 51.2 Å². The van der Waals surface area contributed by atoms with Crippen LogP contribution in [0.15, 0.2) is 48.5 Å². The average Bonchev–Trinajstić information content (AvgIpc) is 3.31. The fourth-order valence-corrected chi connectivity index (χ4v) is 4.43. The molecule has 0 saturated carbocycles. The van der Waals surface area contributed by atoms with Gasteiger partial charge in [-0.3, -0.25) is 14.5 Å². The number of nitrogens with one attached hydrogen (secondary N) is 1. The highest BCUT2D eigenvalue weighted by Crippen LogP contribution is 2.20. The summed E-state index contributed by atoms with van der Waals surface area (Å²) in [6.07, 6.45) is 3.89. The van der Waals surface area contributed by atoms with Crippen LogP contribution in [0.4, 0.5) is 0 Å². The second-order valence-corrected chi connectivity index (χ2v) is 8.41. The van der Waals surface area contributed by atoms with Crippen LogP contribution in [0.2, 0.25) is 0 Å². The third-order valence-electron chi connectivity index (χ3n) is 6.17. The molecule has 2 aromatic rings. The summed E-state index contributed by atoms with van der Waals surface area (Å²) in [7, 11) is 0. The Balaban J connectivity index is 1.33. The first-order valence-corrected chi connectivity index (χ1v) is 11.0. The zero-order valence-electron chi connectivity index (χ0n) is 17.6. The molecular formula is C24H30N4O2. The molecule has 6 nitrogen and oxygen atoms in total. The fourth-order valence-electron chi connectivity index (χ4n) is 4.43. The van der Waals surface area contributed by atoms with Gasteiger partial charge in [-0.05, 0) is 50.3 Å². The van der Waals surface area contributed by atoms with E-state index in [1.165, 1.54) is 5.56 Å². The quantitative estimate of drug-likeness (QED) is 0.829. The van der Waals surface area contributed by atoms with Crippen molar-refractivity contribution in [3.8, 4) is 0 Å². The van der Waals surface area contributed by atoms with Crippen LogP contribution in [0.1, 0.15) is 59.1 Å². The van der Waals surface area contributed by atoms with Crippen LogP contribution >= 0.6 is 0 Å². The smallest absolute Gasteiger partial charge is 0.272 e. The van der Waals surface area contributed by atoms with Crippen molar-refractivity contribution in [2.24, 2.45) is 0 Å². The summed E-state index contributed by atoms with van der Waals surface area (Å²) in [6.45, 7) is 5.65. The van der Waals surface area contributed by atoms with Gasteiger partial charge in [0.1, 0.15) is 11.4 Å². The molecule has 2 aliphatic rings. The van der Waals surface area contributed by atoms with E-state index >= 15 is 0 Å². The van der Waals surface area contributed by atoms with E-state index in [4.69, 9.17) is 0 Å². The Morgan fingerprint density at radius 3 is 2.47 bits per heavy atom. The van der Waals surface area contributed by atoms with Crippen molar-refractivity contribution >= 4 is 11.8 Å². The van der Waals surface area contributed by atoms with Crippen LogP contribution in [0, 0.1) is 0 Å². The van der Waals surface area contributed by atoms with Gasteiger partial charge in [0.05, 0.1) is 0 Å². The summed E-state index contributed by atoms with van der Waals surface area (Å²) in [5.74, 6) is -0.273. The standard InChI is InChI=1S/C24H30N4O2/c1-18-16-20(12-15-28(18)17-19-8-3-2-4-9-19)25-23(29)21-10-7-11-22(26-21)24(30)27-13-5-6-14-27/h2-4,7-11,18,20H,5-6,12-17H2,1H3,(H,25,29)/t18-,20-/m1/s1. The highest BCUT2D eigenvalue weighted by atomic mass is 16.2. The third-order valence-corrected chi connectivity index (χ3v) is 6.17. The number of aromatic nitrogens is 1. The lowest BCUT2D eigenvalue weighted by Crippen LogP contribution is -2.48. The molecule has 2 aliphatic heterocycles. The number of piperidine rings is 1. The van der Waals surface area contributed by atoms with E-state index in [9.17, 15) is 9.59 Å². The van der Waals surface area contributed by atoms with Crippen molar-refractivity contribution in [1.82, 2.24) is 20.1 Å². The highest BCUT2D eigenvalue weighted by Gasteiger charge is 2.27. The third kappa shape index (κ3) is 4.87. The molecule has 3 heterocycles. The summed E-state index contributed by atoms with van der Waals surface area (Å²) in [4.78, 5) is 34.0. The first-order valence-electron chi connectivity index (χ1n) is 11.0. The maximum Gasteiger partial charge on any atom is 0.272 e. The van der Waals surface area contributed by atoms with Crippen LogP contribution in [0.5, 0.6) is 0 Å². The van der Waals surface area contributed by atoms with Gasteiger partial charge in [-0.1, -0.05) is 36.4 Å². The summed E-state index contributed by atoms with van der Waals surface area (Å²) in [5.41, 5.74) is 1.99. The Morgan fingerprint density at radius 1 is 1.00 bits per heavy atom. The van der Waals surface area contributed by atoms with E-state index < -0.39 is 0 Å². The second kappa shape index (κ2) is 9.39. The largest absolute Gasteiger partial charge is 0.348 e. The van der Waals surface area contributed by atoms with E-state index in [2.05, 4.69) is 46.4 Å². The molecule has 1 N–H and O–H groups in total. The Morgan fingerprint density at radius 2 is 1.73 bits per heavy atom. The van der Waals surface area contributed by atoms with Gasteiger partial charge in [-0.15, -0.1) is 0 Å². The predicted octanol–water partition coefficient (Wildman–Crippen LogP) is 3.10. The minimum Gasteiger partial charge on any atom is -0.348 e. The molecule has 1 aromatic carbocycles. The molecule has 2 saturated heterocycles. The monoisotopic (exact) mass is 406 g/mol. The van der Waals surface area contributed by atoms with Gasteiger partial charge >= 0.3 is 0 Å². The van der Waals surface area contributed by atoms with Crippen LogP contribution in [0.3, 0.4) is 0 Å². The molecule has 2 atom stereocenters. The van der Waals surface area contributed by atoms with Gasteiger partial charge in [0.25, 0.3) is 11.8 Å². The summed E-state index contributed by atoms with van der Waals surface area (Å²) in [5, 5.41) is 3.13. The molecular weight excluding hydrogens is 376 g/mol. The van der Waals surface area contributed by atoms with Gasteiger partial charge in [0.2, 0.25) is 0 Å². The number of carbonyl (C=O) groups is 2. The van der Waals surface area contributed by atoms with E-state index in [0.29, 0.717) is 17.4 Å². The number of rotatable bonds is 5. The molecule has 4 rings (SSSR count). The summed E-state index contributed by atoms with van der Waals surface area (Å²) in [6, 6.07) is 16.1. The Hall–Kier alpha value is -2.73. The molecule has 1 aromatic heterocycles. The number of hydrogen-bond acceptors (Lipinski definition) is 4. The minimum absolute atomic E-state index is 0.0787. The molecule has 0 unspecified atom stereocenters. The summed E-state index contributed by atoms with van der Waals surface area (Å²) >= 11 is 0. The molecule has 0 aliphatic carbocycles. The zero-order chi connectivity index (χ0) is 20.9. The van der Waals surface area contributed by atoms with Crippen LogP contribution in [0.25, 0.3) is 0 Å². The molecule has 0 spiro atoms. The van der Waals surface area contributed by atoms with Gasteiger partial charge < -0.3 is 10.2 Å². The topological polar surface area (TPSA) is 65.5 Å². The molecule has 0 bridgehead atoms. The number of benzene rings is 1. The van der Waals surface area contributed by atoms with E-state index in [0.717, 1.165) is 51.9 Å². The van der Waals surface area contributed by atoms with Gasteiger partial charge in [-0.25, -0.2) is 4.98 Å². The number of hydrogen-bond donors (Lipinski definition) is 1. The molecule has 0 radical (unpaired) electrons. The number of likely N-dealkylation sites (tertiary alicyclic amines) is 2. The van der Waals surface area contributed by atoms with Gasteiger partial charge in [-0.2, -0.15) is 0 Å². The SMILES string of the molecule is C[C@@H]1C[C@H](NC(=O)c2cccc(C(=O)N3CCCC3)n2)CCN1Cc1ccccc1. The van der Waals surface area contributed by atoms with Crippen molar-refractivity contribution in [3.63, 3.8) is 0 Å². The van der Waals surface area contributed by atoms with Crippen molar-refractivity contribution in [1.29, 1.82) is 0 Å². The van der Waals surface area contributed by atoms with Crippen molar-refractivity contribution < 1.29 is 9.59 Å². The molecule has 2 fully saturated rings. The molecule has 2 amide bonds. The van der Waals surface area contributed by atoms with Gasteiger partial charge in [0.15, 0.2) is 0 Å². The Kier molecular flexibility index (Phi) is 6.43. The Bertz CT molecular complexity index is 880. The Labute approximate surface area is 178 Å². The van der Waals surface area contributed by atoms with Crippen LogP contribution in [-0.4, -0.2) is 58.3 Å². The lowest BCUT2D eigenvalue weighted by atomic mass is 9.97. The summed E-state index contributed by atoms with van der Waals surface area (Å²) < 4.78 is 0. The van der Waals surface area contributed by atoms with Crippen molar-refractivity contribution in [3.05, 3.63) is 65.5 Å². The first kappa shape index (κ1) is 20.5. The number of carbonyl (C=O) groups excluding carboxylic acids is 2. The number of pyridine rings is 1. The molecule has 158 valence electrons. The van der Waals surface area contributed by atoms with Gasteiger partial charge in [0, 0.05) is 38.3 Å². The normalized spacial score (nSPS) is 22.1. The highest BCUT2D eigenvalue weighted by molar-refractivity contribution is 5.96. The lowest BCUT2D eigenvalue weighted by Gasteiger charge is -2.38. The average molecular weight is 407 g/mol. The second-order valence-electron chi connectivity index (χ2n) is 8.41. The minimum atomic E-state index is -0.195. The van der Waals surface area contributed by atoms with Crippen LogP contribution in [-0.2, 0) is 6.54 Å².